The zero-order chi connectivity index (χ0) is 26.1. The summed E-state index contributed by atoms with van der Waals surface area (Å²) in [6.07, 6.45) is 0.786. The molecule has 0 N–H and O–H groups in total. The molecule has 0 unspecified atom stereocenters. The highest BCUT2D eigenvalue weighted by atomic mass is 35.5. The molecule has 7 nitrogen and oxygen atoms in total. The van der Waals surface area contributed by atoms with E-state index >= 15 is 0 Å². The molecule has 5 rings (SSSR count). The molecule has 37 heavy (non-hydrogen) atoms. The zero-order valence-electron chi connectivity index (χ0n) is 21.7. The van der Waals surface area contributed by atoms with Crippen molar-refractivity contribution in [2.24, 2.45) is 0 Å². The van der Waals surface area contributed by atoms with E-state index in [4.69, 9.17) is 21.3 Å². The number of halogens is 1. The Morgan fingerprint density at radius 2 is 1.81 bits per heavy atom. The van der Waals surface area contributed by atoms with Crippen molar-refractivity contribution >= 4 is 40.1 Å². The number of benzene rings is 2. The lowest BCUT2D eigenvalue weighted by atomic mass is 9.95. The maximum Gasteiger partial charge on any atom is 0.339 e. The Morgan fingerprint density at radius 3 is 2.57 bits per heavy atom. The van der Waals surface area contributed by atoms with Crippen LogP contribution in [0.4, 0.5) is 5.69 Å². The van der Waals surface area contributed by atoms with Crippen LogP contribution in [0.5, 0.6) is 0 Å². The molecule has 0 radical (unpaired) electrons. The average molecular weight is 521 g/mol. The number of rotatable bonds is 5. The summed E-state index contributed by atoms with van der Waals surface area (Å²) in [4.78, 5) is 37.6. The SMILES string of the molecule is Cc1ccc(Cl)cc1N1CCN(C(=O)COC(=O)c2c3c(nc4ccccc24)CCN(C(C)C)C3)CC1. The van der Waals surface area contributed by atoms with Crippen LogP contribution in [-0.2, 0) is 22.5 Å². The number of fused-ring (bicyclic) bond motifs is 2. The Bertz CT molecular complexity index is 1330. The van der Waals surface area contributed by atoms with Crippen LogP contribution in [0.1, 0.15) is 41.0 Å². The van der Waals surface area contributed by atoms with E-state index in [0.29, 0.717) is 49.4 Å². The van der Waals surface area contributed by atoms with Gasteiger partial charge < -0.3 is 14.5 Å². The Labute approximate surface area is 223 Å². The molecule has 194 valence electrons. The fraction of sp³-hybridized carbons (Fsp3) is 0.414. The fourth-order valence-electron chi connectivity index (χ4n) is 5.30. The normalized spacial score (nSPS) is 16.2. The van der Waals surface area contributed by atoms with E-state index in [-0.39, 0.29) is 12.5 Å². The molecule has 2 aliphatic heterocycles. The Balaban J connectivity index is 1.28. The third-order valence-corrected chi connectivity index (χ3v) is 7.72. The second-order valence-electron chi connectivity index (χ2n) is 10.1. The maximum absolute atomic E-state index is 13.4. The highest BCUT2D eigenvalue weighted by Gasteiger charge is 2.29. The lowest BCUT2D eigenvalue weighted by molar-refractivity contribution is -0.134. The molecule has 1 saturated heterocycles. The summed E-state index contributed by atoms with van der Waals surface area (Å²) in [7, 11) is 0. The summed E-state index contributed by atoms with van der Waals surface area (Å²) < 4.78 is 5.65. The minimum atomic E-state index is -0.456. The zero-order valence-corrected chi connectivity index (χ0v) is 22.4. The summed E-state index contributed by atoms with van der Waals surface area (Å²) >= 11 is 6.19. The number of aromatic nitrogens is 1. The monoisotopic (exact) mass is 520 g/mol. The molecule has 0 spiro atoms. The third kappa shape index (κ3) is 5.29. The molecule has 1 aromatic heterocycles. The number of esters is 1. The van der Waals surface area contributed by atoms with E-state index in [0.717, 1.165) is 46.4 Å². The van der Waals surface area contributed by atoms with Crippen LogP contribution >= 0.6 is 11.6 Å². The number of pyridine rings is 1. The Morgan fingerprint density at radius 1 is 1.05 bits per heavy atom. The molecule has 1 amide bonds. The third-order valence-electron chi connectivity index (χ3n) is 7.48. The van der Waals surface area contributed by atoms with Crippen molar-refractivity contribution in [1.82, 2.24) is 14.8 Å². The quantitative estimate of drug-likeness (QED) is 0.462. The smallest absolute Gasteiger partial charge is 0.339 e. The standard InChI is InChI=1S/C29H33ClN4O3/c1-19(2)34-11-10-25-23(17-34)28(22-6-4-5-7-24(22)31-25)29(36)37-18-27(35)33-14-12-32(13-15-33)26-16-21(30)9-8-20(26)3/h4-9,16,19H,10-15,17-18H2,1-3H3. The number of aryl methyl sites for hydroxylation is 1. The van der Waals surface area contributed by atoms with Crippen molar-refractivity contribution in [2.75, 3.05) is 44.2 Å². The number of ether oxygens (including phenoxy) is 1. The molecule has 3 heterocycles. The molecule has 0 aliphatic carbocycles. The first-order valence-corrected chi connectivity index (χ1v) is 13.3. The number of anilines is 1. The van der Waals surface area contributed by atoms with E-state index in [1.165, 1.54) is 0 Å². The first-order valence-electron chi connectivity index (χ1n) is 12.9. The maximum atomic E-state index is 13.4. The van der Waals surface area contributed by atoms with Gasteiger partial charge in [-0.2, -0.15) is 0 Å². The van der Waals surface area contributed by atoms with Gasteiger partial charge in [-0.1, -0.05) is 35.9 Å². The van der Waals surface area contributed by atoms with Gasteiger partial charge in [0, 0.05) is 79.1 Å². The summed E-state index contributed by atoms with van der Waals surface area (Å²) in [6.45, 7) is 10.2. The molecule has 0 atom stereocenters. The molecule has 3 aromatic rings. The van der Waals surface area contributed by atoms with Gasteiger partial charge in [0.05, 0.1) is 11.1 Å². The lowest BCUT2D eigenvalue weighted by Gasteiger charge is -2.36. The number of amides is 1. The van der Waals surface area contributed by atoms with Crippen molar-refractivity contribution in [3.8, 4) is 0 Å². The van der Waals surface area contributed by atoms with E-state index in [2.05, 4.69) is 30.6 Å². The first kappa shape index (κ1) is 25.5. The van der Waals surface area contributed by atoms with Crippen LogP contribution < -0.4 is 4.90 Å². The molecule has 1 fully saturated rings. The number of hydrogen-bond acceptors (Lipinski definition) is 6. The number of hydrogen-bond donors (Lipinski definition) is 0. The predicted octanol–water partition coefficient (Wildman–Crippen LogP) is 4.47. The Kier molecular flexibility index (Phi) is 7.36. The van der Waals surface area contributed by atoms with Gasteiger partial charge in [-0.15, -0.1) is 0 Å². The highest BCUT2D eigenvalue weighted by Crippen LogP contribution is 2.30. The topological polar surface area (TPSA) is 66.0 Å². The van der Waals surface area contributed by atoms with Gasteiger partial charge in [-0.05, 0) is 44.5 Å². The fourth-order valence-corrected chi connectivity index (χ4v) is 5.46. The minimum absolute atomic E-state index is 0.174. The van der Waals surface area contributed by atoms with Crippen LogP contribution in [0.15, 0.2) is 42.5 Å². The van der Waals surface area contributed by atoms with Gasteiger partial charge in [0.15, 0.2) is 6.61 Å². The average Bonchev–Trinajstić information content (AvgIpc) is 2.91. The number of para-hydroxylation sites is 1. The van der Waals surface area contributed by atoms with E-state index in [1.807, 2.05) is 42.5 Å². The van der Waals surface area contributed by atoms with Gasteiger partial charge in [0.25, 0.3) is 5.91 Å². The van der Waals surface area contributed by atoms with Crippen molar-refractivity contribution in [3.05, 3.63) is 69.9 Å². The molecule has 0 bridgehead atoms. The second-order valence-corrected chi connectivity index (χ2v) is 10.6. The van der Waals surface area contributed by atoms with Gasteiger partial charge in [-0.3, -0.25) is 14.7 Å². The van der Waals surface area contributed by atoms with Crippen LogP contribution in [0, 0.1) is 6.92 Å². The summed E-state index contributed by atoms with van der Waals surface area (Å²) in [5, 5.41) is 1.48. The molecule has 2 aliphatic rings. The number of piperazine rings is 1. The predicted molar refractivity (Wildman–Crippen MR) is 146 cm³/mol. The molecular formula is C29H33ClN4O3. The molecule has 0 saturated carbocycles. The van der Waals surface area contributed by atoms with Crippen LogP contribution in [-0.4, -0.2) is 72.0 Å². The molecule has 2 aromatic carbocycles. The lowest BCUT2D eigenvalue weighted by Crippen LogP contribution is -2.50. The van der Waals surface area contributed by atoms with Gasteiger partial charge in [0.2, 0.25) is 0 Å². The van der Waals surface area contributed by atoms with E-state index in [1.54, 1.807) is 4.90 Å². The van der Waals surface area contributed by atoms with Gasteiger partial charge >= 0.3 is 5.97 Å². The number of carbonyl (C=O) groups is 2. The van der Waals surface area contributed by atoms with E-state index < -0.39 is 5.97 Å². The number of nitrogens with zero attached hydrogens (tertiary/aromatic N) is 4. The van der Waals surface area contributed by atoms with Gasteiger partial charge in [0.1, 0.15) is 0 Å². The summed E-state index contributed by atoms with van der Waals surface area (Å²) in [5.41, 5.74) is 5.44. The van der Waals surface area contributed by atoms with Crippen molar-refractivity contribution in [2.45, 2.75) is 39.8 Å². The highest BCUT2D eigenvalue weighted by molar-refractivity contribution is 6.30. The van der Waals surface area contributed by atoms with Crippen LogP contribution in [0.2, 0.25) is 5.02 Å². The first-order chi connectivity index (χ1) is 17.8. The van der Waals surface area contributed by atoms with Crippen LogP contribution in [0.3, 0.4) is 0 Å². The van der Waals surface area contributed by atoms with E-state index in [9.17, 15) is 9.59 Å². The second kappa shape index (κ2) is 10.7. The van der Waals surface area contributed by atoms with Crippen molar-refractivity contribution in [3.63, 3.8) is 0 Å². The Hall–Kier alpha value is -3.16. The van der Waals surface area contributed by atoms with Gasteiger partial charge in [-0.25, -0.2) is 4.79 Å². The summed E-state index contributed by atoms with van der Waals surface area (Å²) in [5.74, 6) is -0.631. The number of carbonyl (C=O) groups excluding carboxylic acids is 2. The molecular weight excluding hydrogens is 488 g/mol. The largest absolute Gasteiger partial charge is 0.452 e. The molecule has 8 heteroatoms. The van der Waals surface area contributed by atoms with Crippen LogP contribution in [0.25, 0.3) is 10.9 Å². The summed E-state index contributed by atoms with van der Waals surface area (Å²) in [6, 6.07) is 13.9. The minimum Gasteiger partial charge on any atom is -0.452 e. The van der Waals surface area contributed by atoms with Crippen molar-refractivity contribution < 1.29 is 14.3 Å². The van der Waals surface area contributed by atoms with Crippen molar-refractivity contribution in [1.29, 1.82) is 0 Å².